The smallest absolute Gasteiger partial charge is 0.338 e. The Balaban J connectivity index is 1.81. The van der Waals surface area contributed by atoms with Gasteiger partial charge in [0.1, 0.15) is 18.2 Å². The van der Waals surface area contributed by atoms with Crippen LogP contribution in [-0.4, -0.2) is 22.1 Å². The fourth-order valence-corrected chi connectivity index (χ4v) is 3.18. The minimum Gasteiger partial charge on any atom is -0.486 e. The maximum absolute atomic E-state index is 12.0. The lowest BCUT2D eigenvalue weighted by Gasteiger charge is -2.19. The van der Waals surface area contributed by atoms with Gasteiger partial charge in [0.25, 0.3) is 0 Å². The van der Waals surface area contributed by atoms with Crippen molar-refractivity contribution in [2.24, 2.45) is 0 Å². The van der Waals surface area contributed by atoms with E-state index >= 15 is 0 Å². The quantitative estimate of drug-likeness (QED) is 0.558. The van der Waals surface area contributed by atoms with Crippen LogP contribution in [0.1, 0.15) is 56.4 Å². The SMILES string of the molecule is CCOC(=O)c1ccc2c(c1)nc(COc1ccc(C(C)(C)C)cc1)n2CC. The Kier molecular flexibility index (Phi) is 5.73. The lowest BCUT2D eigenvalue weighted by atomic mass is 9.87. The number of hydrogen-bond acceptors (Lipinski definition) is 4. The van der Waals surface area contributed by atoms with Gasteiger partial charge in [-0.1, -0.05) is 32.9 Å². The first-order valence-corrected chi connectivity index (χ1v) is 9.73. The molecule has 0 spiro atoms. The van der Waals surface area contributed by atoms with Gasteiger partial charge in [-0.2, -0.15) is 0 Å². The molecule has 0 aliphatic rings. The minimum atomic E-state index is -0.327. The van der Waals surface area contributed by atoms with Crippen LogP contribution in [0.25, 0.3) is 11.0 Å². The number of aromatic nitrogens is 2. The third-order valence-electron chi connectivity index (χ3n) is 4.74. The molecule has 0 aliphatic heterocycles. The average Bonchev–Trinajstić information content (AvgIpc) is 3.02. The molecule has 5 heteroatoms. The summed E-state index contributed by atoms with van der Waals surface area (Å²) in [4.78, 5) is 16.7. The predicted octanol–water partition coefficient (Wildman–Crippen LogP) is 5.11. The predicted molar refractivity (Wildman–Crippen MR) is 111 cm³/mol. The van der Waals surface area contributed by atoms with Crippen LogP contribution >= 0.6 is 0 Å². The van der Waals surface area contributed by atoms with E-state index in [4.69, 9.17) is 9.47 Å². The van der Waals surface area contributed by atoms with E-state index in [1.165, 1.54) is 5.56 Å². The average molecular weight is 380 g/mol. The lowest BCUT2D eigenvalue weighted by Crippen LogP contribution is -2.10. The van der Waals surface area contributed by atoms with Crippen LogP contribution in [0, 0.1) is 0 Å². The maximum atomic E-state index is 12.0. The zero-order valence-electron chi connectivity index (χ0n) is 17.3. The second-order valence-electron chi connectivity index (χ2n) is 7.76. The zero-order valence-corrected chi connectivity index (χ0v) is 17.3. The summed E-state index contributed by atoms with van der Waals surface area (Å²) in [5, 5.41) is 0. The molecule has 148 valence electrons. The molecule has 0 bridgehead atoms. The Labute approximate surface area is 166 Å². The largest absolute Gasteiger partial charge is 0.486 e. The Morgan fingerprint density at radius 2 is 1.79 bits per heavy atom. The Morgan fingerprint density at radius 1 is 1.07 bits per heavy atom. The highest BCUT2D eigenvalue weighted by Gasteiger charge is 2.15. The molecule has 0 saturated carbocycles. The van der Waals surface area contributed by atoms with E-state index in [1.54, 1.807) is 19.1 Å². The van der Waals surface area contributed by atoms with Gasteiger partial charge in [-0.15, -0.1) is 0 Å². The number of rotatable bonds is 6. The summed E-state index contributed by atoms with van der Waals surface area (Å²) in [6.07, 6.45) is 0. The molecule has 0 saturated heterocycles. The molecular weight excluding hydrogens is 352 g/mol. The summed E-state index contributed by atoms with van der Waals surface area (Å²) >= 11 is 0. The van der Waals surface area contributed by atoms with Crippen LogP contribution < -0.4 is 4.74 Å². The molecule has 0 atom stereocenters. The summed E-state index contributed by atoms with van der Waals surface area (Å²) in [6, 6.07) is 13.7. The number of aryl methyl sites for hydroxylation is 1. The van der Waals surface area contributed by atoms with Crippen molar-refractivity contribution < 1.29 is 14.3 Å². The van der Waals surface area contributed by atoms with Crippen molar-refractivity contribution in [1.82, 2.24) is 9.55 Å². The number of carbonyl (C=O) groups is 1. The molecule has 0 aliphatic carbocycles. The standard InChI is InChI=1S/C23H28N2O3/c1-6-25-20-13-8-16(22(26)27-7-2)14-19(20)24-21(25)15-28-18-11-9-17(10-12-18)23(3,4)5/h8-14H,6-7,15H2,1-5H3. The van der Waals surface area contributed by atoms with Crippen LogP contribution in [0.5, 0.6) is 5.75 Å². The van der Waals surface area contributed by atoms with E-state index in [2.05, 4.69) is 49.4 Å². The summed E-state index contributed by atoms with van der Waals surface area (Å²) in [5.41, 5.74) is 3.66. The lowest BCUT2D eigenvalue weighted by molar-refractivity contribution is 0.0526. The highest BCUT2D eigenvalue weighted by molar-refractivity contribution is 5.93. The third kappa shape index (κ3) is 4.19. The number of ether oxygens (including phenoxy) is 2. The van der Waals surface area contributed by atoms with Crippen LogP contribution in [0.3, 0.4) is 0 Å². The number of hydrogen-bond donors (Lipinski definition) is 0. The van der Waals surface area contributed by atoms with Gasteiger partial charge in [-0.3, -0.25) is 0 Å². The molecule has 0 unspecified atom stereocenters. The normalized spacial score (nSPS) is 11.6. The molecule has 28 heavy (non-hydrogen) atoms. The third-order valence-corrected chi connectivity index (χ3v) is 4.74. The van der Waals surface area contributed by atoms with Crippen LogP contribution in [0.15, 0.2) is 42.5 Å². The fraction of sp³-hybridized carbons (Fsp3) is 0.391. The first-order chi connectivity index (χ1) is 13.3. The van der Waals surface area contributed by atoms with Gasteiger partial charge in [0.2, 0.25) is 0 Å². The highest BCUT2D eigenvalue weighted by Crippen LogP contribution is 2.25. The van der Waals surface area contributed by atoms with Crippen molar-refractivity contribution >= 4 is 17.0 Å². The van der Waals surface area contributed by atoms with Crippen molar-refractivity contribution in [2.45, 2.75) is 53.2 Å². The monoisotopic (exact) mass is 380 g/mol. The van der Waals surface area contributed by atoms with Crippen molar-refractivity contribution in [3.8, 4) is 5.75 Å². The summed E-state index contributed by atoms with van der Waals surface area (Å²) < 4.78 is 13.2. The number of esters is 1. The van der Waals surface area contributed by atoms with Crippen molar-refractivity contribution in [3.05, 3.63) is 59.4 Å². The van der Waals surface area contributed by atoms with E-state index in [0.717, 1.165) is 29.2 Å². The van der Waals surface area contributed by atoms with Crippen molar-refractivity contribution in [3.63, 3.8) is 0 Å². The number of fused-ring (bicyclic) bond motifs is 1. The molecule has 0 fully saturated rings. The second-order valence-corrected chi connectivity index (χ2v) is 7.76. The Hall–Kier alpha value is -2.82. The Bertz CT molecular complexity index is 966. The molecule has 1 heterocycles. The van der Waals surface area contributed by atoms with E-state index in [1.807, 2.05) is 18.2 Å². The van der Waals surface area contributed by atoms with E-state index in [-0.39, 0.29) is 11.4 Å². The first kappa shape index (κ1) is 19.9. The number of benzene rings is 2. The molecule has 3 rings (SSSR count). The second kappa shape index (κ2) is 8.05. The first-order valence-electron chi connectivity index (χ1n) is 9.73. The molecule has 0 radical (unpaired) electrons. The number of carbonyl (C=O) groups excluding carboxylic acids is 1. The highest BCUT2D eigenvalue weighted by atomic mass is 16.5. The van der Waals surface area contributed by atoms with E-state index < -0.39 is 0 Å². The molecule has 3 aromatic rings. The summed E-state index contributed by atoms with van der Waals surface area (Å²) in [5.74, 6) is 1.32. The molecule has 5 nitrogen and oxygen atoms in total. The fourth-order valence-electron chi connectivity index (χ4n) is 3.18. The van der Waals surface area contributed by atoms with Gasteiger partial charge >= 0.3 is 5.97 Å². The van der Waals surface area contributed by atoms with Crippen molar-refractivity contribution in [1.29, 1.82) is 0 Å². The van der Waals surface area contributed by atoms with Gasteiger partial charge in [0, 0.05) is 6.54 Å². The summed E-state index contributed by atoms with van der Waals surface area (Å²) in [7, 11) is 0. The van der Waals surface area contributed by atoms with Gasteiger partial charge in [-0.05, 0) is 55.2 Å². The van der Waals surface area contributed by atoms with E-state index in [0.29, 0.717) is 18.8 Å². The van der Waals surface area contributed by atoms with Crippen molar-refractivity contribution in [2.75, 3.05) is 6.61 Å². The molecule has 0 N–H and O–H groups in total. The number of imidazole rings is 1. The van der Waals surface area contributed by atoms with Gasteiger partial charge in [0.15, 0.2) is 0 Å². The van der Waals surface area contributed by atoms with Gasteiger partial charge < -0.3 is 14.0 Å². The molecule has 0 amide bonds. The number of nitrogens with zero attached hydrogens (tertiary/aromatic N) is 2. The maximum Gasteiger partial charge on any atom is 0.338 e. The van der Waals surface area contributed by atoms with Crippen LogP contribution in [-0.2, 0) is 23.3 Å². The Morgan fingerprint density at radius 3 is 2.39 bits per heavy atom. The topological polar surface area (TPSA) is 53.4 Å². The van der Waals surface area contributed by atoms with E-state index in [9.17, 15) is 4.79 Å². The van der Waals surface area contributed by atoms with Gasteiger partial charge in [0.05, 0.1) is 23.2 Å². The summed E-state index contributed by atoms with van der Waals surface area (Å²) in [6.45, 7) is 11.9. The zero-order chi connectivity index (χ0) is 20.3. The molecular formula is C23H28N2O3. The molecule has 2 aromatic carbocycles. The molecule has 1 aromatic heterocycles. The van der Waals surface area contributed by atoms with Gasteiger partial charge in [-0.25, -0.2) is 9.78 Å². The van der Waals surface area contributed by atoms with Crippen LogP contribution in [0.4, 0.5) is 0 Å². The van der Waals surface area contributed by atoms with Crippen LogP contribution in [0.2, 0.25) is 0 Å². The minimum absolute atomic E-state index is 0.116.